The maximum absolute atomic E-state index is 13.3. The normalized spacial score (nSPS) is 18.3. The number of nitrogens with two attached hydrogens (primary N) is 1. The van der Waals surface area contributed by atoms with Crippen LogP contribution in [0.25, 0.3) is 0 Å². The van der Waals surface area contributed by atoms with Gasteiger partial charge in [-0.15, -0.1) is 0 Å². The van der Waals surface area contributed by atoms with E-state index in [-0.39, 0.29) is 5.91 Å². The van der Waals surface area contributed by atoms with Gasteiger partial charge < -0.3 is 16.0 Å². The van der Waals surface area contributed by atoms with Gasteiger partial charge in [-0.3, -0.25) is 4.79 Å². The fourth-order valence-corrected chi connectivity index (χ4v) is 5.04. The van der Waals surface area contributed by atoms with Gasteiger partial charge in [0.05, 0.1) is 5.03 Å². The Labute approximate surface area is 172 Å². The second-order valence-electron chi connectivity index (χ2n) is 6.87. The molecule has 27 heavy (non-hydrogen) atoms. The highest BCUT2D eigenvalue weighted by Gasteiger charge is 2.23. The zero-order valence-electron chi connectivity index (χ0n) is 16.8. The number of carbonyl (C=O) groups is 1. The Morgan fingerprint density at radius 3 is 2.78 bits per heavy atom. The Kier molecular flexibility index (Phi) is 8.32. The predicted molar refractivity (Wildman–Crippen MR) is 119 cm³/mol. The number of aryl methyl sites for hydroxylation is 2. The van der Waals surface area contributed by atoms with Gasteiger partial charge >= 0.3 is 0 Å². The summed E-state index contributed by atoms with van der Waals surface area (Å²) in [5.74, 6) is 0.134. The molecule has 2 rings (SSSR count). The Morgan fingerprint density at radius 1 is 1.41 bits per heavy atom. The summed E-state index contributed by atoms with van der Waals surface area (Å²) in [6.45, 7) is 14.6. The van der Waals surface area contributed by atoms with Crippen molar-refractivity contribution in [2.45, 2.75) is 51.5 Å². The van der Waals surface area contributed by atoms with E-state index in [0.717, 1.165) is 52.7 Å². The third-order valence-electron chi connectivity index (χ3n) is 4.69. The lowest BCUT2D eigenvalue weighted by atomic mass is 10.0. The van der Waals surface area contributed by atoms with Crippen LogP contribution in [0, 0.1) is 13.8 Å². The van der Waals surface area contributed by atoms with E-state index in [1.807, 2.05) is 30.9 Å². The largest absolute Gasteiger partial charge is 0.394 e. The summed E-state index contributed by atoms with van der Waals surface area (Å²) in [5.41, 5.74) is 8.75. The minimum Gasteiger partial charge on any atom is -0.394 e. The van der Waals surface area contributed by atoms with Gasteiger partial charge in [-0.2, -0.15) is 0 Å². The van der Waals surface area contributed by atoms with E-state index in [2.05, 4.69) is 31.8 Å². The van der Waals surface area contributed by atoms with E-state index in [9.17, 15) is 4.79 Å². The molecule has 3 N–H and O–H groups in total. The fourth-order valence-electron chi connectivity index (χ4n) is 3.18. The Balaban J connectivity index is 2.28. The SMILES string of the molecule is C=C(N)S/C(=C\C)Sc1cc(C(=O)N2CCCN[C@H](CC)C2)c(C)cc1C. The van der Waals surface area contributed by atoms with Gasteiger partial charge in [-0.25, -0.2) is 0 Å². The summed E-state index contributed by atoms with van der Waals surface area (Å²) in [6.07, 6.45) is 4.05. The van der Waals surface area contributed by atoms with Crippen LogP contribution in [0.1, 0.15) is 48.2 Å². The van der Waals surface area contributed by atoms with Crippen molar-refractivity contribution < 1.29 is 4.79 Å². The van der Waals surface area contributed by atoms with Crippen LogP contribution >= 0.6 is 23.5 Å². The van der Waals surface area contributed by atoms with Gasteiger partial charge in [0, 0.05) is 33.8 Å². The molecular formula is C21H31N3OS2. The van der Waals surface area contributed by atoms with Gasteiger partial charge in [0.15, 0.2) is 0 Å². The smallest absolute Gasteiger partial charge is 0.254 e. The molecule has 4 nitrogen and oxygen atoms in total. The number of nitrogens with zero attached hydrogens (tertiary/aromatic N) is 1. The molecule has 1 amide bonds. The Hall–Kier alpha value is -1.37. The van der Waals surface area contributed by atoms with E-state index in [1.54, 1.807) is 11.8 Å². The molecule has 6 heteroatoms. The molecule has 1 aliphatic rings. The summed E-state index contributed by atoms with van der Waals surface area (Å²) in [5, 5.41) is 4.10. The van der Waals surface area contributed by atoms with Crippen molar-refractivity contribution in [2.24, 2.45) is 5.73 Å². The molecule has 0 radical (unpaired) electrons. The molecule has 1 aromatic rings. The minimum absolute atomic E-state index is 0.134. The van der Waals surface area contributed by atoms with Crippen LogP contribution in [0.15, 0.2) is 38.9 Å². The average molecular weight is 406 g/mol. The van der Waals surface area contributed by atoms with Crippen molar-refractivity contribution in [3.05, 3.63) is 50.7 Å². The molecule has 0 spiro atoms. The number of allylic oxidation sites excluding steroid dienone is 1. The molecule has 1 aromatic carbocycles. The first-order valence-electron chi connectivity index (χ1n) is 9.46. The first-order valence-corrected chi connectivity index (χ1v) is 11.1. The highest BCUT2D eigenvalue weighted by molar-refractivity contribution is 8.23. The fraction of sp³-hybridized carbons (Fsp3) is 0.476. The van der Waals surface area contributed by atoms with Crippen LogP contribution in [-0.2, 0) is 0 Å². The molecule has 1 aliphatic heterocycles. The summed E-state index contributed by atoms with van der Waals surface area (Å²) in [4.78, 5) is 16.4. The average Bonchev–Trinajstić information content (AvgIpc) is 2.88. The summed E-state index contributed by atoms with van der Waals surface area (Å²) < 4.78 is 1.07. The number of benzene rings is 1. The third kappa shape index (κ3) is 6.06. The van der Waals surface area contributed by atoms with Crippen molar-refractivity contribution in [1.82, 2.24) is 10.2 Å². The summed E-state index contributed by atoms with van der Waals surface area (Å²) in [7, 11) is 0. The first-order chi connectivity index (χ1) is 12.8. The van der Waals surface area contributed by atoms with Crippen LogP contribution in [0.2, 0.25) is 0 Å². The molecule has 1 fully saturated rings. The lowest BCUT2D eigenvalue weighted by Crippen LogP contribution is -2.40. The number of hydrogen-bond donors (Lipinski definition) is 2. The number of hydrogen-bond acceptors (Lipinski definition) is 5. The molecule has 1 atom stereocenters. The van der Waals surface area contributed by atoms with Crippen molar-refractivity contribution in [1.29, 1.82) is 0 Å². The standard InChI is InChI=1S/C21H31N3OS2/c1-6-17-13-24(10-8-9-23-17)21(25)18-12-19(15(4)11-14(18)3)27-20(7-2)26-16(5)22/h7,11-12,17,23H,5-6,8-10,13,22H2,1-4H3/b20-7+/t17-/m1/s1. The number of rotatable bonds is 6. The van der Waals surface area contributed by atoms with E-state index in [4.69, 9.17) is 5.73 Å². The van der Waals surface area contributed by atoms with Crippen LogP contribution in [-0.4, -0.2) is 36.5 Å². The van der Waals surface area contributed by atoms with Crippen molar-refractivity contribution >= 4 is 29.4 Å². The predicted octanol–water partition coefficient (Wildman–Crippen LogP) is 4.63. The highest BCUT2D eigenvalue weighted by atomic mass is 32.2. The monoisotopic (exact) mass is 405 g/mol. The molecule has 1 heterocycles. The van der Waals surface area contributed by atoms with Crippen LogP contribution in [0.3, 0.4) is 0 Å². The number of thioether (sulfide) groups is 2. The molecule has 0 aromatic heterocycles. The van der Waals surface area contributed by atoms with Crippen molar-refractivity contribution in [3.8, 4) is 0 Å². The lowest BCUT2D eigenvalue weighted by Gasteiger charge is -2.25. The number of amides is 1. The van der Waals surface area contributed by atoms with Crippen LogP contribution in [0.4, 0.5) is 0 Å². The first kappa shape index (κ1) is 21.9. The quantitative estimate of drug-likeness (QED) is 0.676. The van der Waals surface area contributed by atoms with Crippen molar-refractivity contribution in [2.75, 3.05) is 19.6 Å². The molecular weight excluding hydrogens is 374 g/mol. The molecule has 0 bridgehead atoms. The van der Waals surface area contributed by atoms with Crippen LogP contribution in [0.5, 0.6) is 0 Å². The van der Waals surface area contributed by atoms with E-state index < -0.39 is 0 Å². The summed E-state index contributed by atoms with van der Waals surface area (Å²) >= 11 is 3.10. The molecule has 148 valence electrons. The van der Waals surface area contributed by atoms with Crippen LogP contribution < -0.4 is 11.1 Å². The van der Waals surface area contributed by atoms with Gasteiger partial charge in [0.25, 0.3) is 5.91 Å². The minimum atomic E-state index is 0.134. The molecule has 0 unspecified atom stereocenters. The Morgan fingerprint density at radius 2 is 2.15 bits per heavy atom. The zero-order valence-corrected chi connectivity index (χ0v) is 18.4. The van der Waals surface area contributed by atoms with E-state index >= 15 is 0 Å². The van der Waals surface area contributed by atoms with E-state index in [1.165, 1.54) is 17.3 Å². The maximum atomic E-state index is 13.3. The van der Waals surface area contributed by atoms with Gasteiger partial charge in [-0.1, -0.05) is 49.2 Å². The topological polar surface area (TPSA) is 58.4 Å². The van der Waals surface area contributed by atoms with E-state index in [0.29, 0.717) is 11.1 Å². The summed E-state index contributed by atoms with van der Waals surface area (Å²) in [6, 6.07) is 4.52. The second kappa shape index (κ2) is 10.2. The molecule has 0 aliphatic carbocycles. The third-order valence-corrected chi connectivity index (χ3v) is 6.98. The molecule has 1 saturated heterocycles. The Bertz CT molecular complexity index is 730. The second-order valence-corrected chi connectivity index (χ2v) is 9.39. The maximum Gasteiger partial charge on any atom is 0.254 e. The number of nitrogens with one attached hydrogen (secondary N) is 1. The van der Waals surface area contributed by atoms with Crippen molar-refractivity contribution in [3.63, 3.8) is 0 Å². The van der Waals surface area contributed by atoms with Gasteiger partial charge in [0.2, 0.25) is 0 Å². The van der Waals surface area contributed by atoms with Gasteiger partial charge in [-0.05, 0) is 57.4 Å². The highest BCUT2D eigenvalue weighted by Crippen LogP contribution is 2.39. The van der Waals surface area contributed by atoms with Gasteiger partial charge in [0.1, 0.15) is 0 Å². The molecule has 0 saturated carbocycles. The lowest BCUT2D eigenvalue weighted by molar-refractivity contribution is 0.0751. The zero-order chi connectivity index (χ0) is 20.0. The number of carbonyl (C=O) groups excluding carboxylic acids is 1.